The van der Waals surface area contributed by atoms with E-state index in [2.05, 4.69) is 15.5 Å². The summed E-state index contributed by atoms with van der Waals surface area (Å²) in [6.45, 7) is 8.84. The molecule has 0 spiro atoms. The summed E-state index contributed by atoms with van der Waals surface area (Å²) in [6, 6.07) is 5.99. The van der Waals surface area contributed by atoms with Crippen molar-refractivity contribution < 1.29 is 14.3 Å². The Morgan fingerprint density at radius 3 is 2.62 bits per heavy atom. The monoisotopic (exact) mass is 356 g/mol. The number of nitrogens with zero attached hydrogens (tertiary/aromatic N) is 2. The molecule has 1 aromatic heterocycles. The highest BCUT2D eigenvalue weighted by atomic mass is 16.6. The first-order valence-electron chi connectivity index (χ1n) is 8.96. The number of H-pyrrole nitrogens is 1. The molecule has 0 bridgehead atoms. The van der Waals surface area contributed by atoms with Gasteiger partial charge in [0.2, 0.25) is 0 Å². The maximum absolute atomic E-state index is 12.6. The number of benzene rings is 1. The number of hydrogen-bond donors (Lipinski definition) is 2. The Bertz CT molecular complexity index is 871. The van der Waals surface area contributed by atoms with Gasteiger partial charge in [-0.1, -0.05) is 11.6 Å². The normalized spacial score (nSPS) is 24.5. The summed E-state index contributed by atoms with van der Waals surface area (Å²) in [6.07, 6.45) is -0.274. The molecular weight excluding hydrogens is 332 g/mol. The Morgan fingerprint density at radius 1 is 1.27 bits per heavy atom. The highest BCUT2D eigenvalue weighted by Crippen LogP contribution is 2.46. The third-order valence-electron chi connectivity index (χ3n) is 5.08. The summed E-state index contributed by atoms with van der Waals surface area (Å²) in [7, 11) is 0. The average molecular weight is 356 g/mol. The van der Waals surface area contributed by atoms with E-state index in [1.165, 1.54) is 0 Å². The number of nitrogens with one attached hydrogen (secondary N) is 2. The molecule has 3 atom stereocenters. The molecule has 2 fully saturated rings. The van der Waals surface area contributed by atoms with E-state index in [9.17, 15) is 9.59 Å². The molecule has 2 amide bonds. The van der Waals surface area contributed by atoms with E-state index < -0.39 is 5.60 Å². The highest BCUT2D eigenvalue weighted by molar-refractivity contribution is 6.05. The molecule has 7 nitrogen and oxygen atoms in total. The lowest BCUT2D eigenvalue weighted by Gasteiger charge is -2.26. The minimum absolute atomic E-state index is 0.109. The number of aryl methyl sites for hydroxylation is 1. The number of amides is 2. The fraction of sp³-hybridized carbons (Fsp3) is 0.526. The van der Waals surface area contributed by atoms with Crippen LogP contribution in [0.1, 0.15) is 36.8 Å². The standard InChI is InChI=1S/C19H24N4O3/c1-10-5-6-14-11(7-10)16(22-21-14)17(24)20-15-12-8-23(9-13(12)15)18(25)26-19(2,3)4/h5-7,12-13,15H,8-9H2,1-4H3,(H,20,24)(H,21,22)/t12-,13+,15?. The summed E-state index contributed by atoms with van der Waals surface area (Å²) in [5, 5.41) is 11.0. The lowest BCUT2D eigenvalue weighted by atomic mass is 10.1. The summed E-state index contributed by atoms with van der Waals surface area (Å²) < 4.78 is 5.41. The molecule has 2 heterocycles. The quantitative estimate of drug-likeness (QED) is 0.865. The Kier molecular flexibility index (Phi) is 3.71. The highest BCUT2D eigenvalue weighted by Gasteiger charge is 2.58. The molecule has 1 unspecified atom stereocenters. The van der Waals surface area contributed by atoms with E-state index in [-0.39, 0.29) is 18.0 Å². The van der Waals surface area contributed by atoms with Gasteiger partial charge in [-0.3, -0.25) is 9.89 Å². The van der Waals surface area contributed by atoms with Crippen molar-refractivity contribution in [2.24, 2.45) is 11.8 Å². The van der Waals surface area contributed by atoms with Gasteiger partial charge in [0.1, 0.15) is 5.60 Å². The first kappa shape index (κ1) is 16.9. The molecule has 2 aliphatic rings. The molecule has 2 aromatic rings. The summed E-state index contributed by atoms with van der Waals surface area (Å²) in [5.74, 6) is 0.446. The smallest absolute Gasteiger partial charge is 0.410 e. The van der Waals surface area contributed by atoms with Gasteiger partial charge < -0.3 is 15.0 Å². The minimum Gasteiger partial charge on any atom is -0.444 e. The summed E-state index contributed by atoms with van der Waals surface area (Å²) >= 11 is 0. The SMILES string of the molecule is Cc1ccc2[nH]nc(C(=O)NC3[C@H]4CN(C(=O)OC(C)(C)C)C[C@@H]34)c2c1. The Balaban J connectivity index is 1.37. The Morgan fingerprint density at radius 2 is 1.96 bits per heavy atom. The van der Waals surface area contributed by atoms with Crippen LogP contribution in [0.2, 0.25) is 0 Å². The van der Waals surface area contributed by atoms with E-state index in [1.807, 2.05) is 45.9 Å². The zero-order valence-corrected chi connectivity index (χ0v) is 15.5. The second-order valence-electron chi connectivity index (χ2n) is 8.33. The van der Waals surface area contributed by atoms with Crippen LogP contribution in [-0.2, 0) is 4.74 Å². The second-order valence-corrected chi connectivity index (χ2v) is 8.33. The van der Waals surface area contributed by atoms with Gasteiger partial charge in [-0.15, -0.1) is 0 Å². The number of rotatable bonds is 2. The van der Waals surface area contributed by atoms with Crippen molar-refractivity contribution in [2.45, 2.75) is 39.3 Å². The zero-order chi connectivity index (χ0) is 18.6. The third-order valence-corrected chi connectivity index (χ3v) is 5.08. The number of fused-ring (bicyclic) bond motifs is 2. The first-order valence-corrected chi connectivity index (χ1v) is 8.96. The van der Waals surface area contributed by atoms with Crippen molar-refractivity contribution in [3.05, 3.63) is 29.5 Å². The predicted molar refractivity (Wildman–Crippen MR) is 96.9 cm³/mol. The van der Waals surface area contributed by atoms with Crippen LogP contribution in [0.25, 0.3) is 10.9 Å². The first-order chi connectivity index (χ1) is 12.2. The molecule has 4 rings (SSSR count). The molecule has 1 aliphatic heterocycles. The van der Waals surface area contributed by atoms with Crippen molar-refractivity contribution in [1.82, 2.24) is 20.4 Å². The number of hydrogen-bond acceptors (Lipinski definition) is 4. The van der Waals surface area contributed by atoms with Crippen LogP contribution in [0.5, 0.6) is 0 Å². The van der Waals surface area contributed by atoms with Crippen molar-refractivity contribution in [3.8, 4) is 0 Å². The number of carbonyl (C=O) groups is 2. The van der Waals surface area contributed by atoms with Crippen LogP contribution in [0.3, 0.4) is 0 Å². The van der Waals surface area contributed by atoms with Crippen molar-refractivity contribution >= 4 is 22.9 Å². The third kappa shape index (κ3) is 3.02. The topological polar surface area (TPSA) is 87.3 Å². The number of carbonyl (C=O) groups excluding carboxylic acids is 2. The second kappa shape index (κ2) is 5.72. The fourth-order valence-electron chi connectivity index (χ4n) is 3.74. The van der Waals surface area contributed by atoms with E-state index >= 15 is 0 Å². The Labute approximate surface area is 152 Å². The van der Waals surface area contributed by atoms with Gasteiger partial charge in [-0.25, -0.2) is 4.79 Å². The van der Waals surface area contributed by atoms with Gasteiger partial charge in [-0.05, 0) is 39.8 Å². The van der Waals surface area contributed by atoms with Gasteiger partial charge in [0.05, 0.1) is 5.52 Å². The lowest BCUT2D eigenvalue weighted by molar-refractivity contribution is 0.0270. The van der Waals surface area contributed by atoms with Gasteiger partial charge in [0, 0.05) is 36.4 Å². The number of aromatic amines is 1. The van der Waals surface area contributed by atoms with E-state index in [1.54, 1.807) is 4.90 Å². The van der Waals surface area contributed by atoms with Crippen LogP contribution in [0.15, 0.2) is 18.2 Å². The van der Waals surface area contributed by atoms with Gasteiger partial charge in [0.25, 0.3) is 5.91 Å². The van der Waals surface area contributed by atoms with Crippen LogP contribution in [-0.4, -0.2) is 51.8 Å². The average Bonchev–Trinajstić information content (AvgIpc) is 2.92. The zero-order valence-electron chi connectivity index (χ0n) is 15.5. The summed E-state index contributed by atoms with van der Waals surface area (Å²) in [4.78, 5) is 26.5. The summed E-state index contributed by atoms with van der Waals surface area (Å²) in [5.41, 5.74) is 1.88. The van der Waals surface area contributed by atoms with Crippen molar-refractivity contribution in [3.63, 3.8) is 0 Å². The molecule has 7 heteroatoms. The Hall–Kier alpha value is -2.57. The van der Waals surface area contributed by atoms with Crippen molar-refractivity contribution in [1.29, 1.82) is 0 Å². The minimum atomic E-state index is -0.489. The molecule has 1 aliphatic carbocycles. The predicted octanol–water partition coefficient (Wildman–Crippen LogP) is 2.47. The van der Waals surface area contributed by atoms with Gasteiger partial charge >= 0.3 is 6.09 Å². The van der Waals surface area contributed by atoms with Gasteiger partial charge in [-0.2, -0.15) is 5.10 Å². The number of ether oxygens (including phenoxy) is 1. The maximum Gasteiger partial charge on any atom is 0.410 e. The van der Waals surface area contributed by atoms with Crippen LogP contribution in [0, 0.1) is 18.8 Å². The van der Waals surface area contributed by atoms with Gasteiger partial charge in [0.15, 0.2) is 5.69 Å². The molecule has 26 heavy (non-hydrogen) atoms. The van der Waals surface area contributed by atoms with Crippen LogP contribution < -0.4 is 5.32 Å². The maximum atomic E-state index is 12.6. The number of piperidine rings is 1. The molecule has 0 radical (unpaired) electrons. The fourth-order valence-corrected chi connectivity index (χ4v) is 3.74. The van der Waals surface area contributed by atoms with Crippen LogP contribution >= 0.6 is 0 Å². The molecular formula is C19H24N4O3. The van der Waals surface area contributed by atoms with E-state index in [4.69, 9.17) is 4.74 Å². The van der Waals surface area contributed by atoms with E-state index in [0.717, 1.165) is 16.5 Å². The van der Waals surface area contributed by atoms with E-state index in [0.29, 0.717) is 30.6 Å². The number of likely N-dealkylation sites (tertiary alicyclic amines) is 1. The largest absolute Gasteiger partial charge is 0.444 e. The lowest BCUT2D eigenvalue weighted by Crippen LogP contribution is -2.40. The number of aromatic nitrogens is 2. The molecule has 2 N–H and O–H groups in total. The molecule has 1 aromatic carbocycles. The van der Waals surface area contributed by atoms with Crippen LogP contribution in [0.4, 0.5) is 4.79 Å². The molecule has 1 saturated carbocycles. The molecule has 138 valence electrons. The molecule has 1 saturated heterocycles. The van der Waals surface area contributed by atoms with Crippen molar-refractivity contribution in [2.75, 3.05) is 13.1 Å².